The Morgan fingerprint density at radius 3 is 2.19 bits per heavy atom. The van der Waals surface area contributed by atoms with E-state index in [-0.39, 0.29) is 17.8 Å². The first kappa shape index (κ1) is 16.5. The normalized spacial score (nSPS) is 21.7. The zero-order chi connectivity index (χ0) is 13.8. The third-order valence-corrected chi connectivity index (χ3v) is 5.13. The number of carbonyl (C=O) groups is 1. The number of nitrogens with zero attached hydrogens (tertiary/aromatic N) is 1. The standard InChI is InChI=1S/C18H25NO.ClH/c20-17(15-19-13-7-2-8-14-19)18(11-5-6-12-18)16-9-3-1-4-10-16;/h1,3-4,9-10H,2,5-8,11-15H2;1H. The van der Waals surface area contributed by atoms with E-state index in [0.717, 1.165) is 25.9 Å². The summed E-state index contributed by atoms with van der Waals surface area (Å²) in [6, 6.07) is 10.5. The van der Waals surface area contributed by atoms with Crippen LogP contribution in [0.2, 0.25) is 0 Å². The minimum Gasteiger partial charge on any atom is -0.297 e. The van der Waals surface area contributed by atoms with E-state index in [2.05, 4.69) is 29.2 Å². The number of rotatable bonds is 4. The van der Waals surface area contributed by atoms with Crippen molar-refractivity contribution < 1.29 is 4.79 Å². The van der Waals surface area contributed by atoms with Crippen molar-refractivity contribution in [3.05, 3.63) is 35.9 Å². The van der Waals surface area contributed by atoms with E-state index in [0.29, 0.717) is 12.3 Å². The molecule has 0 unspecified atom stereocenters. The summed E-state index contributed by atoms with van der Waals surface area (Å²) in [7, 11) is 0. The van der Waals surface area contributed by atoms with Crippen LogP contribution in [0.1, 0.15) is 50.5 Å². The van der Waals surface area contributed by atoms with Crippen molar-refractivity contribution in [3.63, 3.8) is 0 Å². The molecule has 0 radical (unpaired) electrons. The van der Waals surface area contributed by atoms with Gasteiger partial charge >= 0.3 is 0 Å². The Bertz CT molecular complexity index is 448. The number of likely N-dealkylation sites (tertiary alicyclic amines) is 1. The van der Waals surface area contributed by atoms with E-state index < -0.39 is 0 Å². The van der Waals surface area contributed by atoms with Crippen LogP contribution in [-0.4, -0.2) is 30.3 Å². The molecule has 2 nitrogen and oxygen atoms in total. The summed E-state index contributed by atoms with van der Waals surface area (Å²) in [6.07, 6.45) is 8.32. The molecule has 0 spiro atoms. The number of piperidine rings is 1. The van der Waals surface area contributed by atoms with Gasteiger partial charge in [0, 0.05) is 0 Å². The summed E-state index contributed by atoms with van der Waals surface area (Å²) < 4.78 is 0. The molecule has 3 rings (SSSR count). The monoisotopic (exact) mass is 307 g/mol. The first-order chi connectivity index (χ1) is 9.81. The summed E-state index contributed by atoms with van der Waals surface area (Å²) in [5.41, 5.74) is 1.07. The second-order valence-electron chi connectivity index (χ2n) is 6.42. The fourth-order valence-electron chi connectivity index (χ4n) is 3.94. The highest BCUT2D eigenvalue weighted by Gasteiger charge is 2.42. The zero-order valence-electron chi connectivity index (χ0n) is 12.7. The predicted molar refractivity (Wildman–Crippen MR) is 89.1 cm³/mol. The quantitative estimate of drug-likeness (QED) is 0.838. The Kier molecular flexibility index (Phi) is 5.83. The van der Waals surface area contributed by atoms with Gasteiger partial charge in [-0.25, -0.2) is 0 Å². The Balaban J connectivity index is 0.00000161. The van der Waals surface area contributed by atoms with Crippen molar-refractivity contribution in [1.29, 1.82) is 0 Å². The molecule has 1 aromatic rings. The molecule has 1 aliphatic heterocycles. The Hall–Kier alpha value is -0.860. The molecule has 1 saturated heterocycles. The van der Waals surface area contributed by atoms with E-state index in [9.17, 15) is 4.79 Å². The molecule has 0 N–H and O–H groups in total. The molecule has 0 bridgehead atoms. The highest BCUT2D eigenvalue weighted by Crippen LogP contribution is 2.42. The fraction of sp³-hybridized carbons (Fsp3) is 0.611. The number of Topliss-reactive ketones (excluding diaryl/α,β-unsaturated/α-hetero) is 1. The molecule has 1 saturated carbocycles. The highest BCUT2D eigenvalue weighted by molar-refractivity contribution is 5.92. The van der Waals surface area contributed by atoms with Gasteiger partial charge in [-0.2, -0.15) is 0 Å². The van der Waals surface area contributed by atoms with Crippen molar-refractivity contribution in [2.75, 3.05) is 19.6 Å². The van der Waals surface area contributed by atoms with E-state index in [1.165, 1.54) is 37.7 Å². The van der Waals surface area contributed by atoms with Crippen LogP contribution in [-0.2, 0) is 10.2 Å². The maximum absolute atomic E-state index is 13.0. The number of hydrogen-bond donors (Lipinski definition) is 0. The summed E-state index contributed by atoms with van der Waals surface area (Å²) in [5, 5.41) is 0. The average Bonchev–Trinajstić information content (AvgIpc) is 3.00. The molecule has 2 aliphatic rings. The maximum atomic E-state index is 13.0. The number of ketones is 1. The number of hydrogen-bond acceptors (Lipinski definition) is 2. The highest BCUT2D eigenvalue weighted by atomic mass is 35.5. The van der Waals surface area contributed by atoms with E-state index >= 15 is 0 Å². The predicted octanol–water partition coefficient (Wildman–Crippen LogP) is 3.98. The largest absolute Gasteiger partial charge is 0.297 e. The lowest BCUT2D eigenvalue weighted by molar-refractivity contribution is -0.125. The minimum atomic E-state index is -0.182. The van der Waals surface area contributed by atoms with Gasteiger partial charge in [-0.05, 0) is 44.3 Å². The first-order valence-corrected chi connectivity index (χ1v) is 8.12. The minimum absolute atomic E-state index is 0. The zero-order valence-corrected chi connectivity index (χ0v) is 13.5. The van der Waals surface area contributed by atoms with Gasteiger partial charge in [-0.3, -0.25) is 9.69 Å². The Morgan fingerprint density at radius 2 is 1.57 bits per heavy atom. The third-order valence-electron chi connectivity index (χ3n) is 5.13. The summed E-state index contributed by atoms with van der Waals surface area (Å²) in [5.74, 6) is 0.461. The van der Waals surface area contributed by atoms with Crippen LogP contribution in [0.15, 0.2) is 30.3 Å². The topological polar surface area (TPSA) is 20.3 Å². The lowest BCUT2D eigenvalue weighted by Gasteiger charge is -2.33. The third kappa shape index (κ3) is 3.49. The SMILES string of the molecule is Cl.O=C(CN1CCCCC1)C1(c2ccccc2)CCCC1. The second kappa shape index (κ2) is 7.42. The number of halogens is 1. The molecule has 0 atom stereocenters. The Labute approximate surface area is 134 Å². The van der Waals surface area contributed by atoms with E-state index in [1.54, 1.807) is 0 Å². The van der Waals surface area contributed by atoms with Crippen molar-refractivity contribution in [1.82, 2.24) is 4.90 Å². The number of carbonyl (C=O) groups excluding carboxylic acids is 1. The molecule has 21 heavy (non-hydrogen) atoms. The van der Waals surface area contributed by atoms with Crippen LogP contribution in [0.3, 0.4) is 0 Å². The van der Waals surface area contributed by atoms with Gasteiger partial charge in [-0.1, -0.05) is 49.6 Å². The molecule has 1 aliphatic carbocycles. The molecule has 0 aromatic heterocycles. The fourth-order valence-corrected chi connectivity index (χ4v) is 3.94. The molecule has 1 heterocycles. The summed E-state index contributed by atoms with van der Waals surface area (Å²) in [4.78, 5) is 15.4. The van der Waals surface area contributed by atoms with Crippen molar-refractivity contribution >= 4 is 18.2 Å². The molecular formula is C18H26ClNO. The smallest absolute Gasteiger partial charge is 0.157 e. The molecule has 2 fully saturated rings. The summed E-state index contributed by atoms with van der Waals surface area (Å²) in [6.45, 7) is 2.88. The molecule has 3 heteroatoms. The average molecular weight is 308 g/mol. The van der Waals surface area contributed by atoms with Gasteiger partial charge in [0.05, 0.1) is 12.0 Å². The van der Waals surface area contributed by atoms with Gasteiger partial charge in [0.2, 0.25) is 0 Å². The van der Waals surface area contributed by atoms with Gasteiger partial charge < -0.3 is 0 Å². The van der Waals surface area contributed by atoms with Crippen LogP contribution in [0, 0.1) is 0 Å². The van der Waals surface area contributed by atoms with E-state index in [4.69, 9.17) is 0 Å². The van der Waals surface area contributed by atoms with Crippen molar-refractivity contribution in [2.45, 2.75) is 50.4 Å². The van der Waals surface area contributed by atoms with Crippen LogP contribution >= 0.6 is 12.4 Å². The lowest BCUT2D eigenvalue weighted by Crippen LogP contribution is -2.43. The van der Waals surface area contributed by atoms with Crippen LogP contribution in [0.25, 0.3) is 0 Å². The number of benzene rings is 1. The van der Waals surface area contributed by atoms with E-state index in [1.807, 2.05) is 6.07 Å². The van der Waals surface area contributed by atoms with Crippen LogP contribution < -0.4 is 0 Å². The van der Waals surface area contributed by atoms with Gasteiger partial charge in [-0.15, -0.1) is 12.4 Å². The van der Waals surface area contributed by atoms with Crippen molar-refractivity contribution in [3.8, 4) is 0 Å². The maximum Gasteiger partial charge on any atom is 0.157 e. The summed E-state index contributed by atoms with van der Waals surface area (Å²) >= 11 is 0. The first-order valence-electron chi connectivity index (χ1n) is 8.12. The second-order valence-corrected chi connectivity index (χ2v) is 6.42. The molecule has 116 valence electrons. The van der Waals surface area contributed by atoms with Crippen LogP contribution in [0.5, 0.6) is 0 Å². The molecule has 1 aromatic carbocycles. The van der Waals surface area contributed by atoms with Crippen LogP contribution in [0.4, 0.5) is 0 Å². The van der Waals surface area contributed by atoms with Crippen molar-refractivity contribution in [2.24, 2.45) is 0 Å². The van der Waals surface area contributed by atoms with Gasteiger partial charge in [0.15, 0.2) is 5.78 Å². The lowest BCUT2D eigenvalue weighted by atomic mass is 9.75. The van der Waals surface area contributed by atoms with Gasteiger partial charge in [0.25, 0.3) is 0 Å². The Morgan fingerprint density at radius 1 is 0.952 bits per heavy atom. The molecular weight excluding hydrogens is 282 g/mol. The van der Waals surface area contributed by atoms with Gasteiger partial charge in [0.1, 0.15) is 0 Å². The molecule has 0 amide bonds.